The summed E-state index contributed by atoms with van der Waals surface area (Å²) in [5.74, 6) is -0.161. The molecule has 7 nitrogen and oxygen atoms in total. The monoisotopic (exact) mass is 476 g/mol. The highest BCUT2D eigenvalue weighted by Gasteiger charge is 2.23. The largest absolute Gasteiger partial charge is 0.371 e. The predicted octanol–water partition coefficient (Wildman–Crippen LogP) is 4.00. The average molecular weight is 477 g/mol. The molecule has 1 aromatic heterocycles. The van der Waals surface area contributed by atoms with Gasteiger partial charge in [-0.2, -0.15) is 0 Å². The number of nitrogens with zero attached hydrogens (tertiary/aromatic N) is 2. The van der Waals surface area contributed by atoms with Crippen LogP contribution in [0.15, 0.2) is 65.0 Å². The van der Waals surface area contributed by atoms with Gasteiger partial charge < -0.3 is 10.2 Å². The van der Waals surface area contributed by atoms with Crippen LogP contribution in [0.2, 0.25) is 5.02 Å². The Balaban J connectivity index is 1.34. The van der Waals surface area contributed by atoms with E-state index in [4.69, 9.17) is 11.6 Å². The van der Waals surface area contributed by atoms with Gasteiger partial charge in [0, 0.05) is 36.4 Å². The van der Waals surface area contributed by atoms with E-state index in [1.807, 2.05) is 0 Å². The number of sulfonamides is 1. The van der Waals surface area contributed by atoms with Crippen molar-refractivity contribution in [3.8, 4) is 0 Å². The van der Waals surface area contributed by atoms with Crippen molar-refractivity contribution >= 4 is 49.7 Å². The highest BCUT2D eigenvalue weighted by Crippen LogP contribution is 2.24. The molecule has 3 aromatic rings. The van der Waals surface area contributed by atoms with Gasteiger partial charge >= 0.3 is 0 Å². The molecule has 0 radical (unpaired) electrons. The minimum absolute atomic E-state index is 0.0715. The second kappa shape index (κ2) is 9.25. The van der Waals surface area contributed by atoms with Gasteiger partial charge in [-0.1, -0.05) is 23.7 Å². The number of thiazole rings is 1. The number of nitrogens with one attached hydrogen (secondary N) is 2. The maximum atomic E-state index is 12.5. The van der Waals surface area contributed by atoms with E-state index in [2.05, 4.69) is 19.9 Å². The normalized spacial score (nSPS) is 14.9. The molecular formula is C21H21ClN4O3S2. The summed E-state index contributed by atoms with van der Waals surface area (Å²) in [6.07, 6.45) is 3.13. The van der Waals surface area contributed by atoms with Crippen molar-refractivity contribution in [1.82, 2.24) is 10.3 Å². The molecule has 1 fully saturated rings. The number of amides is 1. The molecule has 0 unspecified atom stereocenters. The van der Waals surface area contributed by atoms with Crippen LogP contribution in [-0.2, 0) is 10.0 Å². The standard InChI is InChI=1S/C21H21ClN4O3S2/c22-19-4-2-1-3-18(19)20(27)24-15-9-12-26(13-10-15)16-5-7-17(8-6-16)31(28,29)25-21-23-11-14-30-21/h1-8,11,14-15H,9-10,12-13H2,(H,23,25)(H,24,27). The van der Waals surface area contributed by atoms with Crippen molar-refractivity contribution in [2.75, 3.05) is 22.7 Å². The van der Waals surface area contributed by atoms with Crippen LogP contribution in [0, 0.1) is 0 Å². The van der Waals surface area contributed by atoms with Crippen LogP contribution < -0.4 is 14.9 Å². The van der Waals surface area contributed by atoms with Crippen molar-refractivity contribution < 1.29 is 13.2 Å². The molecule has 1 aliphatic rings. The minimum atomic E-state index is -3.66. The second-order valence-corrected chi connectivity index (χ2v) is 10.1. The van der Waals surface area contributed by atoms with Gasteiger partial charge in [-0.15, -0.1) is 11.3 Å². The molecule has 0 spiro atoms. The number of rotatable bonds is 6. The van der Waals surface area contributed by atoms with Crippen molar-refractivity contribution in [2.45, 2.75) is 23.8 Å². The molecule has 10 heteroatoms. The third kappa shape index (κ3) is 5.17. The Morgan fingerprint density at radius 3 is 2.45 bits per heavy atom. The van der Waals surface area contributed by atoms with E-state index in [9.17, 15) is 13.2 Å². The lowest BCUT2D eigenvalue weighted by atomic mass is 10.0. The zero-order valence-corrected chi connectivity index (χ0v) is 18.9. The van der Waals surface area contributed by atoms with Crippen molar-refractivity contribution in [2.24, 2.45) is 0 Å². The summed E-state index contributed by atoms with van der Waals surface area (Å²) in [7, 11) is -3.66. The molecule has 2 aromatic carbocycles. The van der Waals surface area contributed by atoms with Gasteiger partial charge in [0.25, 0.3) is 15.9 Å². The van der Waals surface area contributed by atoms with Crippen LogP contribution >= 0.6 is 22.9 Å². The van der Waals surface area contributed by atoms with Crippen LogP contribution in [0.4, 0.5) is 10.8 Å². The van der Waals surface area contributed by atoms with E-state index >= 15 is 0 Å². The van der Waals surface area contributed by atoms with E-state index in [0.717, 1.165) is 31.6 Å². The fourth-order valence-electron chi connectivity index (χ4n) is 3.47. The van der Waals surface area contributed by atoms with Crippen molar-refractivity contribution in [1.29, 1.82) is 0 Å². The lowest BCUT2D eigenvalue weighted by Crippen LogP contribution is -2.44. The zero-order valence-electron chi connectivity index (χ0n) is 16.5. The number of benzene rings is 2. The number of aromatic nitrogens is 1. The molecule has 0 saturated carbocycles. The van der Waals surface area contributed by atoms with Crippen molar-refractivity contribution in [3.05, 3.63) is 70.7 Å². The molecule has 2 N–H and O–H groups in total. The molecule has 4 rings (SSSR count). The van der Waals surface area contributed by atoms with Gasteiger partial charge in [-0.05, 0) is 49.2 Å². The summed E-state index contributed by atoms with van der Waals surface area (Å²) in [5, 5.41) is 5.54. The number of carbonyl (C=O) groups is 1. The van der Waals surface area contributed by atoms with E-state index in [1.54, 1.807) is 60.1 Å². The summed E-state index contributed by atoms with van der Waals surface area (Å²) in [6, 6.07) is 13.9. The lowest BCUT2D eigenvalue weighted by Gasteiger charge is -2.34. The Morgan fingerprint density at radius 1 is 1.10 bits per heavy atom. The van der Waals surface area contributed by atoms with E-state index in [-0.39, 0.29) is 16.8 Å². The second-order valence-electron chi connectivity index (χ2n) is 7.15. The Hall–Kier alpha value is -2.62. The third-order valence-corrected chi connectivity index (χ3v) is 7.62. The van der Waals surface area contributed by atoms with Crippen LogP contribution in [0.25, 0.3) is 0 Å². The number of anilines is 2. The van der Waals surface area contributed by atoms with Crippen LogP contribution in [-0.4, -0.2) is 38.4 Å². The lowest BCUT2D eigenvalue weighted by molar-refractivity contribution is 0.0931. The predicted molar refractivity (Wildman–Crippen MR) is 124 cm³/mol. The molecule has 1 saturated heterocycles. The molecular weight excluding hydrogens is 456 g/mol. The Kier molecular flexibility index (Phi) is 6.45. The smallest absolute Gasteiger partial charge is 0.263 e. The Bertz CT molecular complexity index is 1140. The molecule has 0 atom stereocenters. The van der Waals surface area contributed by atoms with Gasteiger partial charge in [0.1, 0.15) is 0 Å². The van der Waals surface area contributed by atoms with Crippen LogP contribution in [0.3, 0.4) is 0 Å². The number of hydrogen-bond acceptors (Lipinski definition) is 6. The number of piperidine rings is 1. The molecule has 31 heavy (non-hydrogen) atoms. The Labute approximate surface area is 190 Å². The number of halogens is 1. The first-order valence-electron chi connectivity index (χ1n) is 9.75. The number of hydrogen-bond donors (Lipinski definition) is 2. The topological polar surface area (TPSA) is 91.4 Å². The minimum Gasteiger partial charge on any atom is -0.371 e. The first-order chi connectivity index (χ1) is 14.9. The van der Waals surface area contributed by atoms with Gasteiger partial charge in [0.05, 0.1) is 15.5 Å². The summed E-state index contributed by atoms with van der Waals surface area (Å²) < 4.78 is 27.4. The van der Waals surface area contributed by atoms with Gasteiger partial charge in [-0.25, -0.2) is 13.4 Å². The fourth-order valence-corrected chi connectivity index (χ4v) is 5.48. The Morgan fingerprint density at radius 2 is 1.81 bits per heavy atom. The van der Waals surface area contributed by atoms with Crippen LogP contribution in [0.5, 0.6) is 0 Å². The van der Waals surface area contributed by atoms with Crippen molar-refractivity contribution in [3.63, 3.8) is 0 Å². The highest BCUT2D eigenvalue weighted by atomic mass is 35.5. The quantitative estimate of drug-likeness (QED) is 0.561. The maximum Gasteiger partial charge on any atom is 0.263 e. The SMILES string of the molecule is O=C(NC1CCN(c2ccc(S(=O)(=O)Nc3nccs3)cc2)CC1)c1ccccc1Cl. The summed E-state index contributed by atoms with van der Waals surface area (Å²) in [4.78, 5) is 18.8. The molecule has 2 heterocycles. The first-order valence-corrected chi connectivity index (χ1v) is 12.5. The van der Waals surface area contributed by atoms with Gasteiger partial charge in [-0.3, -0.25) is 9.52 Å². The molecule has 162 valence electrons. The molecule has 0 aliphatic carbocycles. The summed E-state index contributed by atoms with van der Waals surface area (Å²) in [5.41, 5.74) is 1.43. The summed E-state index contributed by atoms with van der Waals surface area (Å²) >= 11 is 7.33. The maximum absolute atomic E-state index is 12.5. The van der Waals surface area contributed by atoms with E-state index < -0.39 is 10.0 Å². The third-order valence-electron chi connectivity index (χ3n) is 5.11. The summed E-state index contributed by atoms with van der Waals surface area (Å²) in [6.45, 7) is 1.52. The number of carbonyl (C=O) groups excluding carboxylic acids is 1. The van der Waals surface area contributed by atoms with Crippen LogP contribution in [0.1, 0.15) is 23.2 Å². The van der Waals surface area contributed by atoms with E-state index in [0.29, 0.717) is 15.7 Å². The van der Waals surface area contributed by atoms with E-state index in [1.165, 1.54) is 11.3 Å². The molecule has 1 amide bonds. The molecule has 1 aliphatic heterocycles. The molecule has 0 bridgehead atoms. The fraction of sp³-hybridized carbons (Fsp3) is 0.238. The van der Waals surface area contributed by atoms with Gasteiger partial charge in [0.15, 0.2) is 5.13 Å². The first kappa shape index (κ1) is 21.6. The van der Waals surface area contributed by atoms with Gasteiger partial charge in [0.2, 0.25) is 0 Å². The highest BCUT2D eigenvalue weighted by molar-refractivity contribution is 7.93. The average Bonchev–Trinajstić information content (AvgIpc) is 3.27. The zero-order chi connectivity index (χ0) is 21.8.